The lowest BCUT2D eigenvalue weighted by Crippen LogP contribution is -2.44. The Bertz CT molecular complexity index is 2220. The van der Waals surface area contributed by atoms with Crippen LogP contribution in [0.3, 0.4) is 0 Å². The van der Waals surface area contributed by atoms with Crippen molar-refractivity contribution in [3.63, 3.8) is 0 Å². The van der Waals surface area contributed by atoms with Gasteiger partial charge < -0.3 is 24.9 Å². The van der Waals surface area contributed by atoms with Gasteiger partial charge in [0.05, 0.1) is 23.5 Å². The highest BCUT2D eigenvalue weighted by Gasteiger charge is 2.62. The van der Waals surface area contributed by atoms with Crippen molar-refractivity contribution >= 4 is 41.4 Å². The quantitative estimate of drug-likeness (QED) is 0.0299. The lowest BCUT2D eigenvalue weighted by Gasteiger charge is -2.17. The number of hydrogen-bond donors (Lipinski definition) is 6. The van der Waals surface area contributed by atoms with Gasteiger partial charge >= 0.3 is 25.6 Å². The molecule has 0 aliphatic carbocycles. The second kappa shape index (κ2) is 17.0. The fraction of sp³-hybridized carbons (Fsp3) is 0.323. The van der Waals surface area contributed by atoms with Gasteiger partial charge in [0.25, 0.3) is 5.56 Å². The zero-order chi connectivity index (χ0) is 40.9. The van der Waals surface area contributed by atoms with Crippen molar-refractivity contribution < 1.29 is 73.5 Å². The summed E-state index contributed by atoms with van der Waals surface area (Å²) in [6.45, 7) is -1.21. The molecule has 1 saturated heterocycles. The number of alkyl halides is 5. The van der Waals surface area contributed by atoms with E-state index in [9.17, 15) is 64.0 Å². The Hall–Kier alpha value is -4.74. The molecule has 55 heavy (non-hydrogen) atoms. The minimum atomic E-state index is -6.15. The first kappa shape index (κ1) is 43.0. The highest BCUT2D eigenvalue weighted by molar-refractivity contribution is 7.89. The van der Waals surface area contributed by atoms with Crippen LogP contribution in [-0.4, -0.2) is 94.3 Å². The standard InChI is InChI=1S/C31H30F5N4O13PS/c32-30(33,31(34,35)36)25(43)13-22(42)19-3-1-17(2-4-19)18-5-8-21(9-6-18)55(50,51)38-12-11-37-26(44)10-7-20-15-40(29(46)39-28(20)45)27-14-23(24(16-41)52-27)53-54(47,48)49/h1-10,15,23-24,27,38,41H,11-14,16H2,(H,37,44)(H,39,45,46)(H2,47,48,49)/b10-7+/t23-,24+,27+/m0/s1. The fourth-order valence-electron chi connectivity index (χ4n) is 5.03. The Kier molecular flexibility index (Phi) is 13.3. The van der Waals surface area contributed by atoms with Gasteiger partial charge in [-0.25, -0.2) is 22.5 Å². The summed E-state index contributed by atoms with van der Waals surface area (Å²) in [4.78, 5) is 80.5. The normalized spacial score (nSPS) is 18.1. The highest BCUT2D eigenvalue weighted by atomic mass is 32.2. The summed E-state index contributed by atoms with van der Waals surface area (Å²) < 4.78 is 113. The summed E-state index contributed by atoms with van der Waals surface area (Å²) in [6, 6.07) is 10.0. The molecule has 2 heterocycles. The van der Waals surface area contributed by atoms with Crippen LogP contribution < -0.4 is 21.3 Å². The second-order valence-corrected chi connectivity index (χ2v) is 14.6. The average Bonchev–Trinajstić information content (AvgIpc) is 3.50. The topological polar surface area (TPSA) is 260 Å². The van der Waals surface area contributed by atoms with E-state index in [4.69, 9.17) is 14.5 Å². The van der Waals surface area contributed by atoms with Crippen LogP contribution in [0.4, 0.5) is 22.0 Å². The number of amides is 1. The van der Waals surface area contributed by atoms with E-state index in [1.807, 2.05) is 4.98 Å². The Morgan fingerprint density at radius 1 is 1.00 bits per heavy atom. The second-order valence-electron chi connectivity index (χ2n) is 11.7. The Morgan fingerprint density at radius 3 is 2.16 bits per heavy atom. The number of Topliss-reactive ketones (excluding diaryl/α,β-unsaturated/α-hetero) is 2. The third-order valence-electron chi connectivity index (χ3n) is 7.80. The number of phosphoric ester groups is 1. The molecular formula is C31H30F5N4O13PS. The molecule has 0 spiro atoms. The lowest BCUT2D eigenvalue weighted by atomic mass is 9.99. The number of ketones is 2. The number of ether oxygens (including phenoxy) is 1. The van der Waals surface area contributed by atoms with Crippen molar-refractivity contribution in [2.24, 2.45) is 0 Å². The van der Waals surface area contributed by atoms with Crippen LogP contribution in [-0.2, 0) is 33.4 Å². The zero-order valence-electron chi connectivity index (χ0n) is 27.7. The molecule has 3 aromatic rings. The van der Waals surface area contributed by atoms with Crippen molar-refractivity contribution in [1.29, 1.82) is 0 Å². The van der Waals surface area contributed by atoms with E-state index in [2.05, 4.69) is 14.6 Å². The summed E-state index contributed by atoms with van der Waals surface area (Å²) in [5.74, 6) is -10.3. The van der Waals surface area contributed by atoms with E-state index >= 15 is 0 Å². The van der Waals surface area contributed by atoms with Gasteiger partial charge in [-0.1, -0.05) is 36.4 Å². The van der Waals surface area contributed by atoms with Gasteiger partial charge in [-0.2, -0.15) is 22.0 Å². The van der Waals surface area contributed by atoms with E-state index in [-0.39, 0.29) is 35.5 Å². The highest BCUT2D eigenvalue weighted by Crippen LogP contribution is 2.43. The van der Waals surface area contributed by atoms with Crippen LogP contribution in [0, 0.1) is 0 Å². The number of carbonyl (C=O) groups excluding carboxylic acids is 3. The fourth-order valence-corrected chi connectivity index (χ4v) is 6.63. The number of H-pyrrole nitrogens is 1. The molecule has 0 unspecified atom stereocenters. The lowest BCUT2D eigenvalue weighted by molar-refractivity contribution is -0.268. The van der Waals surface area contributed by atoms with E-state index in [1.165, 1.54) is 36.4 Å². The molecule has 0 radical (unpaired) electrons. The Labute approximate surface area is 306 Å². The van der Waals surface area contributed by atoms with Gasteiger partial charge in [0, 0.05) is 37.3 Å². The summed E-state index contributed by atoms with van der Waals surface area (Å²) >= 11 is 0. The van der Waals surface area contributed by atoms with Crippen LogP contribution in [0.1, 0.15) is 35.0 Å². The van der Waals surface area contributed by atoms with Crippen molar-refractivity contribution in [2.75, 3.05) is 19.7 Å². The number of halogens is 5. The number of benzene rings is 2. The van der Waals surface area contributed by atoms with Crippen LogP contribution in [0.2, 0.25) is 0 Å². The monoisotopic (exact) mass is 824 g/mol. The molecule has 1 amide bonds. The average molecular weight is 825 g/mol. The van der Waals surface area contributed by atoms with E-state index in [1.54, 1.807) is 0 Å². The molecule has 1 aromatic heterocycles. The molecule has 24 heteroatoms. The number of hydrogen-bond acceptors (Lipinski definition) is 11. The number of aliphatic hydroxyl groups excluding tert-OH is 1. The molecule has 4 rings (SSSR count). The van der Waals surface area contributed by atoms with E-state index in [0.29, 0.717) is 11.1 Å². The van der Waals surface area contributed by atoms with Crippen molar-refractivity contribution in [3.8, 4) is 11.1 Å². The molecular weight excluding hydrogens is 794 g/mol. The Balaban J connectivity index is 1.29. The Morgan fingerprint density at radius 2 is 1.60 bits per heavy atom. The van der Waals surface area contributed by atoms with Gasteiger partial charge in [-0.15, -0.1) is 0 Å². The maximum absolute atomic E-state index is 13.2. The van der Waals surface area contributed by atoms with Crippen LogP contribution in [0.15, 0.2) is 75.3 Å². The number of phosphoric acid groups is 1. The number of carbonyl (C=O) groups is 3. The zero-order valence-corrected chi connectivity index (χ0v) is 29.4. The first-order chi connectivity index (χ1) is 25.5. The van der Waals surface area contributed by atoms with Crippen molar-refractivity contribution in [1.82, 2.24) is 19.6 Å². The summed E-state index contributed by atoms with van der Waals surface area (Å²) in [7, 11) is -9.08. The number of rotatable bonds is 16. The number of aromatic amines is 1. The molecule has 0 bridgehead atoms. The van der Waals surface area contributed by atoms with E-state index in [0.717, 1.165) is 35.0 Å². The number of sulfonamides is 1. The number of nitrogens with one attached hydrogen (secondary N) is 3. The first-order valence-electron chi connectivity index (χ1n) is 15.5. The molecule has 1 aliphatic heterocycles. The smallest absolute Gasteiger partial charge is 0.394 e. The molecule has 17 nitrogen and oxygen atoms in total. The number of nitrogens with zero attached hydrogens (tertiary/aromatic N) is 1. The molecule has 3 atom stereocenters. The predicted octanol–water partition coefficient (Wildman–Crippen LogP) is 1.41. The van der Waals surface area contributed by atoms with Gasteiger partial charge in [0.1, 0.15) is 18.4 Å². The third kappa shape index (κ3) is 10.9. The minimum Gasteiger partial charge on any atom is -0.394 e. The van der Waals surface area contributed by atoms with Crippen molar-refractivity contribution in [3.05, 3.63) is 92.8 Å². The third-order valence-corrected chi connectivity index (χ3v) is 9.82. The largest absolute Gasteiger partial charge is 0.469 e. The molecule has 6 N–H and O–H groups in total. The summed E-state index contributed by atoms with van der Waals surface area (Å²) in [5.41, 5.74) is -1.55. The van der Waals surface area contributed by atoms with Crippen LogP contribution in [0.5, 0.6) is 0 Å². The molecule has 2 aromatic carbocycles. The van der Waals surface area contributed by atoms with Crippen LogP contribution >= 0.6 is 7.82 Å². The predicted molar refractivity (Wildman–Crippen MR) is 178 cm³/mol. The van der Waals surface area contributed by atoms with E-state index < -0.39 is 90.1 Å². The van der Waals surface area contributed by atoms with Gasteiger partial charge in [-0.3, -0.25) is 33.3 Å². The van der Waals surface area contributed by atoms with Crippen molar-refractivity contribution in [2.45, 2.75) is 48.3 Å². The molecule has 298 valence electrons. The summed E-state index contributed by atoms with van der Waals surface area (Å²) in [5, 5.41) is 11.9. The molecule has 1 fully saturated rings. The molecule has 1 aliphatic rings. The van der Waals surface area contributed by atoms with Gasteiger partial charge in [-0.05, 0) is 29.3 Å². The molecule has 0 saturated carbocycles. The maximum atomic E-state index is 13.2. The number of aromatic nitrogens is 2. The van der Waals surface area contributed by atoms with Gasteiger partial charge in [0.15, 0.2) is 5.78 Å². The van der Waals surface area contributed by atoms with Crippen LogP contribution in [0.25, 0.3) is 17.2 Å². The van der Waals surface area contributed by atoms with Gasteiger partial charge in [0.2, 0.25) is 21.7 Å². The summed E-state index contributed by atoms with van der Waals surface area (Å²) in [6.07, 6.45) is -8.87. The first-order valence-corrected chi connectivity index (χ1v) is 18.6. The number of aliphatic hydroxyl groups is 1. The maximum Gasteiger partial charge on any atom is 0.469 e. The SMILES string of the molecule is O=C(/C=C/c1cn([C@H]2C[C@H](OP(=O)(O)O)[C@@H](CO)O2)c(=O)[nH]c1=O)NCCNS(=O)(=O)c1ccc(-c2ccc(C(=O)CC(=O)C(F)(F)C(F)(F)F)cc2)cc1. The minimum absolute atomic E-state index is 0.191.